The Labute approximate surface area is 123 Å². The van der Waals surface area contributed by atoms with Crippen LogP contribution in [0.5, 0.6) is 0 Å². The number of nitrogens with one attached hydrogen (secondary N) is 2. The summed E-state index contributed by atoms with van der Waals surface area (Å²) in [5, 5.41) is 6.84. The highest BCUT2D eigenvalue weighted by atomic mass is 16.6. The fourth-order valence-corrected chi connectivity index (χ4v) is 3.36. The molecule has 2 fully saturated rings. The molecule has 0 unspecified atom stereocenters. The first-order chi connectivity index (χ1) is 9.44. The zero-order valence-corrected chi connectivity index (χ0v) is 13.2. The molecule has 0 aromatic rings. The molecule has 0 spiro atoms. The molecule has 4 heteroatoms. The number of carbonyl (C=O) groups excluding carboxylic acids is 1. The van der Waals surface area contributed by atoms with Crippen molar-refractivity contribution in [1.82, 2.24) is 10.6 Å². The summed E-state index contributed by atoms with van der Waals surface area (Å²) in [5.41, 5.74) is -0.423. The lowest BCUT2D eigenvalue weighted by Crippen LogP contribution is -2.54. The summed E-state index contributed by atoms with van der Waals surface area (Å²) < 4.78 is 5.38. The summed E-state index contributed by atoms with van der Waals surface area (Å²) in [4.78, 5) is 11.9. The summed E-state index contributed by atoms with van der Waals surface area (Å²) in [6.45, 7) is 5.71. The molecular formula is C16H30N2O2. The molecule has 20 heavy (non-hydrogen) atoms. The van der Waals surface area contributed by atoms with Gasteiger partial charge in [-0.1, -0.05) is 25.7 Å². The fraction of sp³-hybridized carbons (Fsp3) is 0.938. The molecule has 2 rings (SSSR count). The van der Waals surface area contributed by atoms with Crippen molar-refractivity contribution in [3.05, 3.63) is 0 Å². The number of rotatable bonds is 3. The van der Waals surface area contributed by atoms with Crippen molar-refractivity contribution in [2.75, 3.05) is 0 Å². The lowest BCUT2D eigenvalue weighted by Gasteiger charge is -2.35. The molecule has 2 saturated carbocycles. The molecule has 2 aliphatic carbocycles. The Morgan fingerprint density at radius 3 is 2.10 bits per heavy atom. The van der Waals surface area contributed by atoms with Crippen molar-refractivity contribution < 1.29 is 9.53 Å². The minimum absolute atomic E-state index is 0.221. The molecular weight excluding hydrogens is 252 g/mol. The number of hydrogen-bond acceptors (Lipinski definition) is 3. The van der Waals surface area contributed by atoms with Gasteiger partial charge in [0.2, 0.25) is 0 Å². The maximum absolute atomic E-state index is 11.9. The van der Waals surface area contributed by atoms with Gasteiger partial charge in [-0.15, -0.1) is 0 Å². The monoisotopic (exact) mass is 282 g/mol. The predicted octanol–water partition coefficient (Wildman–Crippen LogP) is 3.35. The molecule has 0 radical (unpaired) electrons. The summed E-state index contributed by atoms with van der Waals surface area (Å²) >= 11 is 0. The van der Waals surface area contributed by atoms with E-state index in [2.05, 4.69) is 10.6 Å². The summed E-state index contributed by atoms with van der Waals surface area (Å²) in [7, 11) is 0. The van der Waals surface area contributed by atoms with Gasteiger partial charge in [0.05, 0.1) is 0 Å². The Morgan fingerprint density at radius 1 is 0.950 bits per heavy atom. The van der Waals surface area contributed by atoms with Crippen LogP contribution in [0.15, 0.2) is 0 Å². The molecule has 4 nitrogen and oxygen atoms in total. The van der Waals surface area contributed by atoms with Gasteiger partial charge in [0.1, 0.15) is 5.60 Å². The van der Waals surface area contributed by atoms with E-state index in [4.69, 9.17) is 4.74 Å². The van der Waals surface area contributed by atoms with Gasteiger partial charge in [-0.3, -0.25) is 0 Å². The first kappa shape index (κ1) is 15.6. The highest BCUT2D eigenvalue weighted by Crippen LogP contribution is 2.24. The minimum atomic E-state index is -0.423. The van der Waals surface area contributed by atoms with Gasteiger partial charge in [-0.05, 0) is 46.5 Å². The predicted molar refractivity (Wildman–Crippen MR) is 80.8 cm³/mol. The highest BCUT2D eigenvalue weighted by Gasteiger charge is 2.30. The molecule has 1 amide bonds. The van der Waals surface area contributed by atoms with E-state index < -0.39 is 5.60 Å². The molecule has 0 aromatic carbocycles. The second kappa shape index (κ2) is 6.79. The van der Waals surface area contributed by atoms with E-state index in [1.165, 1.54) is 38.5 Å². The second-order valence-corrected chi connectivity index (χ2v) is 7.29. The van der Waals surface area contributed by atoms with Gasteiger partial charge in [0, 0.05) is 18.1 Å². The average Bonchev–Trinajstić information content (AvgIpc) is 2.82. The van der Waals surface area contributed by atoms with Crippen LogP contribution in [-0.2, 0) is 4.74 Å². The van der Waals surface area contributed by atoms with Gasteiger partial charge in [0.15, 0.2) is 0 Å². The Morgan fingerprint density at radius 2 is 1.50 bits per heavy atom. The van der Waals surface area contributed by atoms with Gasteiger partial charge in [-0.25, -0.2) is 4.79 Å². The maximum Gasteiger partial charge on any atom is 0.407 e. The van der Waals surface area contributed by atoms with Gasteiger partial charge < -0.3 is 15.4 Å². The van der Waals surface area contributed by atoms with Crippen molar-refractivity contribution in [3.63, 3.8) is 0 Å². The first-order valence-corrected chi connectivity index (χ1v) is 8.19. The van der Waals surface area contributed by atoms with E-state index in [-0.39, 0.29) is 12.1 Å². The molecule has 0 aliphatic heterocycles. The van der Waals surface area contributed by atoms with Crippen LogP contribution in [0.1, 0.15) is 72.1 Å². The minimum Gasteiger partial charge on any atom is -0.444 e. The van der Waals surface area contributed by atoms with E-state index in [1.54, 1.807) is 0 Å². The van der Waals surface area contributed by atoms with Gasteiger partial charge >= 0.3 is 6.09 Å². The molecule has 0 heterocycles. The van der Waals surface area contributed by atoms with Crippen LogP contribution in [0.2, 0.25) is 0 Å². The van der Waals surface area contributed by atoms with Crippen LogP contribution in [0, 0.1) is 0 Å². The van der Waals surface area contributed by atoms with Gasteiger partial charge in [0.25, 0.3) is 0 Å². The zero-order valence-electron chi connectivity index (χ0n) is 13.2. The largest absolute Gasteiger partial charge is 0.444 e. The van der Waals surface area contributed by atoms with E-state index in [9.17, 15) is 4.79 Å². The topological polar surface area (TPSA) is 50.4 Å². The third-order valence-corrected chi connectivity index (χ3v) is 4.27. The standard InChI is InChI=1S/C16H30N2O2/c1-16(2,3)20-15(19)18-14-11-7-6-10-13(14)17-12-8-4-5-9-12/h12-14,17H,4-11H2,1-3H3,(H,18,19)/t13-,14+/m0/s1. The first-order valence-electron chi connectivity index (χ1n) is 8.19. The second-order valence-electron chi connectivity index (χ2n) is 7.29. The molecule has 0 saturated heterocycles. The number of amides is 1. The van der Waals surface area contributed by atoms with Crippen molar-refractivity contribution >= 4 is 6.09 Å². The van der Waals surface area contributed by atoms with E-state index >= 15 is 0 Å². The van der Waals surface area contributed by atoms with Crippen molar-refractivity contribution in [2.24, 2.45) is 0 Å². The fourth-order valence-electron chi connectivity index (χ4n) is 3.36. The van der Waals surface area contributed by atoms with E-state index in [0.717, 1.165) is 12.8 Å². The molecule has 2 aliphatic rings. The number of ether oxygens (including phenoxy) is 1. The van der Waals surface area contributed by atoms with Crippen molar-refractivity contribution in [3.8, 4) is 0 Å². The highest BCUT2D eigenvalue weighted by molar-refractivity contribution is 5.68. The van der Waals surface area contributed by atoms with Crippen LogP contribution in [0.3, 0.4) is 0 Å². The van der Waals surface area contributed by atoms with Crippen LogP contribution in [0.4, 0.5) is 4.79 Å². The Kier molecular flexibility index (Phi) is 5.30. The van der Waals surface area contributed by atoms with E-state index in [0.29, 0.717) is 12.1 Å². The summed E-state index contributed by atoms with van der Waals surface area (Å²) in [6, 6.07) is 1.29. The number of carbonyl (C=O) groups is 1. The summed E-state index contributed by atoms with van der Waals surface area (Å²) in [5.74, 6) is 0. The number of hydrogen-bond donors (Lipinski definition) is 2. The Balaban J connectivity index is 1.84. The zero-order chi connectivity index (χ0) is 14.6. The maximum atomic E-state index is 11.9. The van der Waals surface area contributed by atoms with Crippen LogP contribution in [-0.4, -0.2) is 29.8 Å². The Hall–Kier alpha value is -0.770. The molecule has 0 bridgehead atoms. The molecule has 2 atom stereocenters. The lowest BCUT2D eigenvalue weighted by molar-refractivity contribution is 0.0477. The average molecular weight is 282 g/mol. The summed E-state index contributed by atoms with van der Waals surface area (Å²) in [6.07, 6.45) is 9.66. The van der Waals surface area contributed by atoms with Crippen LogP contribution < -0.4 is 10.6 Å². The van der Waals surface area contributed by atoms with Crippen LogP contribution in [0.25, 0.3) is 0 Å². The molecule has 0 aromatic heterocycles. The van der Waals surface area contributed by atoms with Crippen molar-refractivity contribution in [2.45, 2.75) is 95.9 Å². The lowest BCUT2D eigenvalue weighted by atomic mass is 9.89. The van der Waals surface area contributed by atoms with Crippen molar-refractivity contribution in [1.29, 1.82) is 0 Å². The van der Waals surface area contributed by atoms with E-state index in [1.807, 2.05) is 20.8 Å². The molecule has 116 valence electrons. The molecule has 2 N–H and O–H groups in total. The van der Waals surface area contributed by atoms with Crippen LogP contribution >= 0.6 is 0 Å². The Bertz CT molecular complexity index is 319. The normalized spacial score (nSPS) is 28.4. The van der Waals surface area contributed by atoms with Gasteiger partial charge in [-0.2, -0.15) is 0 Å². The number of alkyl carbamates (subject to hydrolysis) is 1. The quantitative estimate of drug-likeness (QED) is 0.834. The third kappa shape index (κ3) is 4.97. The third-order valence-electron chi connectivity index (χ3n) is 4.27. The smallest absolute Gasteiger partial charge is 0.407 e. The SMILES string of the molecule is CC(C)(C)OC(=O)N[C@@H]1CCCC[C@@H]1NC1CCCC1.